The van der Waals surface area contributed by atoms with Crippen LogP contribution in [0.25, 0.3) is 11.4 Å². The van der Waals surface area contributed by atoms with Gasteiger partial charge in [-0.2, -0.15) is 5.01 Å². The number of pyridine rings is 1. The molecule has 1 aliphatic rings. The van der Waals surface area contributed by atoms with Crippen LogP contribution < -0.4 is 10.7 Å². The standard InChI is InChI=1S/C22H23N7O4S/c1-22(16-6-4-3-5-7-16)19(31)29(20(32)24-22)27-17(30)14-34-21-26-25-18(28(21)12-13-33-2)15-8-10-23-11-9-15/h3-11H,12-14H2,1-2H3,(H,24,32)(H,27,30)/t22-/m1/s1. The second kappa shape index (κ2) is 10.0. The van der Waals surface area contributed by atoms with Crippen molar-refractivity contribution in [1.29, 1.82) is 0 Å². The Balaban J connectivity index is 1.44. The molecule has 2 aromatic heterocycles. The number of imide groups is 1. The quantitative estimate of drug-likeness (QED) is 0.348. The first-order valence-electron chi connectivity index (χ1n) is 10.4. The lowest BCUT2D eigenvalue weighted by atomic mass is 9.92. The Labute approximate surface area is 199 Å². The minimum Gasteiger partial charge on any atom is -0.383 e. The first kappa shape index (κ1) is 23.4. The molecule has 0 bridgehead atoms. The van der Waals surface area contributed by atoms with E-state index < -0.39 is 23.4 Å². The van der Waals surface area contributed by atoms with Crippen molar-refractivity contribution < 1.29 is 19.1 Å². The lowest BCUT2D eigenvalue weighted by Crippen LogP contribution is -2.48. The van der Waals surface area contributed by atoms with Gasteiger partial charge in [-0.3, -0.25) is 24.6 Å². The summed E-state index contributed by atoms with van der Waals surface area (Å²) in [6.07, 6.45) is 3.32. The van der Waals surface area contributed by atoms with E-state index in [2.05, 4.69) is 25.9 Å². The maximum atomic E-state index is 13.0. The number of carbonyl (C=O) groups is 3. The molecule has 0 unspecified atom stereocenters. The van der Waals surface area contributed by atoms with Gasteiger partial charge in [0.2, 0.25) is 5.91 Å². The number of ether oxygens (including phenoxy) is 1. The number of benzene rings is 1. The molecule has 4 rings (SSSR count). The van der Waals surface area contributed by atoms with E-state index in [4.69, 9.17) is 4.74 Å². The van der Waals surface area contributed by atoms with Gasteiger partial charge in [-0.15, -0.1) is 10.2 Å². The number of aromatic nitrogens is 4. The van der Waals surface area contributed by atoms with Crippen molar-refractivity contribution in [2.45, 2.75) is 24.2 Å². The first-order chi connectivity index (χ1) is 16.4. The van der Waals surface area contributed by atoms with Crippen molar-refractivity contribution in [2.75, 3.05) is 19.5 Å². The third-order valence-corrected chi connectivity index (χ3v) is 6.25. The Kier molecular flexibility index (Phi) is 6.89. The minimum atomic E-state index is -1.27. The SMILES string of the molecule is COCCn1c(SCC(=O)NN2C(=O)N[C@](C)(c3ccccc3)C2=O)nnc1-c1ccncc1. The average Bonchev–Trinajstić information content (AvgIpc) is 3.36. The highest BCUT2D eigenvalue weighted by Crippen LogP contribution is 2.28. The summed E-state index contributed by atoms with van der Waals surface area (Å²) in [4.78, 5) is 42.0. The number of amides is 4. The average molecular weight is 482 g/mol. The topological polar surface area (TPSA) is 131 Å². The molecule has 0 aliphatic carbocycles. The van der Waals surface area contributed by atoms with E-state index in [-0.39, 0.29) is 5.75 Å². The number of hydrazine groups is 1. The molecule has 1 aromatic carbocycles. The first-order valence-corrected chi connectivity index (χ1v) is 11.4. The van der Waals surface area contributed by atoms with E-state index in [0.717, 1.165) is 17.3 Å². The molecule has 12 heteroatoms. The largest absolute Gasteiger partial charge is 0.383 e. The Bertz CT molecular complexity index is 1190. The van der Waals surface area contributed by atoms with Crippen LogP contribution in [-0.4, -0.2) is 62.1 Å². The van der Waals surface area contributed by atoms with Gasteiger partial charge in [-0.05, 0) is 24.6 Å². The van der Waals surface area contributed by atoms with E-state index >= 15 is 0 Å². The van der Waals surface area contributed by atoms with Gasteiger partial charge in [0.15, 0.2) is 11.0 Å². The number of hydrogen-bond acceptors (Lipinski definition) is 8. The van der Waals surface area contributed by atoms with Gasteiger partial charge in [0.1, 0.15) is 5.54 Å². The van der Waals surface area contributed by atoms with Gasteiger partial charge in [-0.25, -0.2) is 4.79 Å². The number of thioether (sulfide) groups is 1. The van der Waals surface area contributed by atoms with Crippen LogP contribution in [0.3, 0.4) is 0 Å². The number of rotatable bonds is 9. The van der Waals surface area contributed by atoms with Crippen LogP contribution in [0.5, 0.6) is 0 Å². The molecule has 0 radical (unpaired) electrons. The normalized spacial score (nSPS) is 17.6. The zero-order chi connectivity index (χ0) is 24.1. The third kappa shape index (κ3) is 4.63. The zero-order valence-corrected chi connectivity index (χ0v) is 19.4. The number of carbonyl (C=O) groups excluding carboxylic acids is 3. The van der Waals surface area contributed by atoms with Crippen LogP contribution in [0.2, 0.25) is 0 Å². The predicted molar refractivity (Wildman–Crippen MR) is 123 cm³/mol. The Morgan fingerprint density at radius 2 is 1.88 bits per heavy atom. The predicted octanol–water partition coefficient (Wildman–Crippen LogP) is 1.58. The fourth-order valence-corrected chi connectivity index (χ4v) is 4.25. The number of nitrogens with one attached hydrogen (secondary N) is 2. The molecule has 0 spiro atoms. The number of urea groups is 1. The lowest BCUT2D eigenvalue weighted by molar-refractivity contribution is -0.138. The zero-order valence-electron chi connectivity index (χ0n) is 18.6. The van der Waals surface area contributed by atoms with Crippen LogP contribution in [0.1, 0.15) is 12.5 Å². The van der Waals surface area contributed by atoms with Crippen LogP contribution in [0.15, 0.2) is 60.0 Å². The summed E-state index contributed by atoms with van der Waals surface area (Å²) in [6.45, 7) is 2.51. The molecule has 1 aliphatic heterocycles. The van der Waals surface area contributed by atoms with Crippen LogP contribution in [0, 0.1) is 0 Å². The number of methoxy groups -OCH3 is 1. The van der Waals surface area contributed by atoms with E-state index in [1.165, 1.54) is 0 Å². The molecule has 0 saturated carbocycles. The molecular weight excluding hydrogens is 458 g/mol. The summed E-state index contributed by atoms with van der Waals surface area (Å²) in [5.74, 6) is -0.557. The van der Waals surface area contributed by atoms with Crippen molar-refractivity contribution in [3.05, 3.63) is 60.4 Å². The minimum absolute atomic E-state index is 0.0828. The van der Waals surface area contributed by atoms with Crippen LogP contribution in [-0.2, 0) is 26.4 Å². The molecule has 1 fully saturated rings. The Morgan fingerprint density at radius 3 is 2.59 bits per heavy atom. The molecule has 2 N–H and O–H groups in total. The number of nitrogens with zero attached hydrogens (tertiary/aromatic N) is 5. The van der Waals surface area contributed by atoms with E-state index in [0.29, 0.717) is 34.7 Å². The van der Waals surface area contributed by atoms with E-state index in [9.17, 15) is 14.4 Å². The fraction of sp³-hybridized carbons (Fsp3) is 0.273. The second-order valence-corrected chi connectivity index (χ2v) is 8.51. The molecule has 3 aromatic rings. The highest BCUT2D eigenvalue weighted by molar-refractivity contribution is 7.99. The van der Waals surface area contributed by atoms with Crippen molar-refractivity contribution in [2.24, 2.45) is 0 Å². The van der Waals surface area contributed by atoms with Crippen molar-refractivity contribution in [3.8, 4) is 11.4 Å². The van der Waals surface area contributed by atoms with E-state index in [1.807, 2.05) is 22.8 Å². The number of hydrogen-bond donors (Lipinski definition) is 2. The van der Waals surface area contributed by atoms with Crippen molar-refractivity contribution >= 4 is 29.6 Å². The van der Waals surface area contributed by atoms with Gasteiger partial charge in [0.25, 0.3) is 5.91 Å². The summed E-state index contributed by atoms with van der Waals surface area (Å²) in [6, 6.07) is 11.8. The summed E-state index contributed by atoms with van der Waals surface area (Å²) >= 11 is 1.14. The van der Waals surface area contributed by atoms with Gasteiger partial charge >= 0.3 is 6.03 Å². The monoisotopic (exact) mass is 481 g/mol. The van der Waals surface area contributed by atoms with E-state index in [1.54, 1.807) is 50.7 Å². The molecule has 1 saturated heterocycles. The van der Waals surface area contributed by atoms with Gasteiger partial charge < -0.3 is 10.1 Å². The van der Waals surface area contributed by atoms with Crippen LogP contribution >= 0.6 is 11.8 Å². The maximum Gasteiger partial charge on any atom is 0.344 e. The van der Waals surface area contributed by atoms with Gasteiger partial charge in [-0.1, -0.05) is 42.1 Å². The molecule has 4 amide bonds. The van der Waals surface area contributed by atoms with Crippen molar-refractivity contribution in [3.63, 3.8) is 0 Å². The summed E-state index contributed by atoms with van der Waals surface area (Å²) in [5.41, 5.74) is 2.58. The highest BCUT2D eigenvalue weighted by atomic mass is 32.2. The Hall–Kier alpha value is -3.77. The molecular formula is C22H23N7O4S. The summed E-state index contributed by atoms with van der Waals surface area (Å²) < 4.78 is 7.03. The van der Waals surface area contributed by atoms with Crippen LogP contribution in [0.4, 0.5) is 4.79 Å². The summed E-state index contributed by atoms with van der Waals surface area (Å²) in [7, 11) is 1.60. The lowest BCUT2D eigenvalue weighted by Gasteiger charge is -2.22. The van der Waals surface area contributed by atoms with Gasteiger partial charge in [0.05, 0.1) is 18.9 Å². The molecule has 1 atom stereocenters. The highest BCUT2D eigenvalue weighted by Gasteiger charge is 2.49. The Morgan fingerprint density at radius 1 is 1.15 bits per heavy atom. The third-order valence-electron chi connectivity index (χ3n) is 5.29. The van der Waals surface area contributed by atoms with Gasteiger partial charge in [0, 0.05) is 25.1 Å². The van der Waals surface area contributed by atoms with Crippen molar-refractivity contribution in [1.82, 2.24) is 35.5 Å². The fourth-order valence-electron chi connectivity index (χ4n) is 3.49. The smallest absolute Gasteiger partial charge is 0.344 e. The summed E-state index contributed by atoms with van der Waals surface area (Å²) in [5, 5.41) is 12.3. The molecule has 3 heterocycles. The maximum absolute atomic E-state index is 13.0. The second-order valence-electron chi connectivity index (χ2n) is 7.57. The molecule has 34 heavy (non-hydrogen) atoms. The molecule has 11 nitrogen and oxygen atoms in total. The molecule has 176 valence electrons.